The minimum atomic E-state index is -3.76. The van der Waals surface area contributed by atoms with Crippen LogP contribution in [0.2, 0.25) is 0 Å². The van der Waals surface area contributed by atoms with Gasteiger partial charge in [0.15, 0.2) is 5.25 Å². The van der Waals surface area contributed by atoms with E-state index in [9.17, 15) is 13.2 Å². The van der Waals surface area contributed by atoms with Crippen molar-refractivity contribution in [3.05, 3.63) is 0 Å². The van der Waals surface area contributed by atoms with Crippen LogP contribution in [0.4, 0.5) is 0 Å². The number of morpholine rings is 1. The van der Waals surface area contributed by atoms with Crippen LogP contribution in [-0.4, -0.2) is 69.0 Å². The molecule has 0 radical (unpaired) electrons. The lowest BCUT2D eigenvalue weighted by Crippen LogP contribution is -2.40. The second-order valence-electron chi connectivity index (χ2n) is 4.23. The van der Waals surface area contributed by atoms with E-state index in [2.05, 4.69) is 9.62 Å². The van der Waals surface area contributed by atoms with Crippen molar-refractivity contribution in [3.8, 4) is 0 Å². The first-order valence-corrected chi connectivity index (χ1v) is 7.49. The fourth-order valence-electron chi connectivity index (χ4n) is 1.60. The number of sulfonamides is 1. The molecule has 1 saturated heterocycles. The van der Waals surface area contributed by atoms with E-state index >= 15 is 0 Å². The molecular formula is C10H20N2O5S. The summed E-state index contributed by atoms with van der Waals surface area (Å²) in [6.45, 7) is 5.34. The van der Waals surface area contributed by atoms with Crippen LogP contribution in [0.15, 0.2) is 0 Å². The predicted octanol–water partition coefficient (Wildman–Crippen LogP) is -0.899. The number of carboxylic acid groups (broad SMARTS) is 1. The van der Waals surface area contributed by atoms with Crippen LogP contribution < -0.4 is 4.72 Å². The van der Waals surface area contributed by atoms with Crippen LogP contribution in [0.1, 0.15) is 13.3 Å². The molecule has 8 heteroatoms. The molecule has 0 aliphatic carbocycles. The SMILES string of the molecule is CC(C(=O)O)S(=O)(=O)NCCCN1CCOCC1. The van der Waals surface area contributed by atoms with Gasteiger partial charge in [-0.1, -0.05) is 0 Å². The lowest BCUT2D eigenvalue weighted by atomic mass is 10.3. The van der Waals surface area contributed by atoms with E-state index in [1.165, 1.54) is 0 Å². The van der Waals surface area contributed by atoms with Crippen molar-refractivity contribution < 1.29 is 23.1 Å². The van der Waals surface area contributed by atoms with Crippen LogP contribution in [-0.2, 0) is 19.6 Å². The first kappa shape index (κ1) is 15.4. The molecule has 1 atom stereocenters. The quantitative estimate of drug-likeness (QED) is 0.587. The highest BCUT2D eigenvalue weighted by molar-refractivity contribution is 7.90. The minimum absolute atomic E-state index is 0.261. The molecule has 0 spiro atoms. The first-order chi connectivity index (χ1) is 8.43. The summed E-state index contributed by atoms with van der Waals surface area (Å²) < 4.78 is 30.5. The summed E-state index contributed by atoms with van der Waals surface area (Å²) in [5.74, 6) is -1.34. The standard InChI is InChI=1S/C10H20N2O5S/c1-9(10(13)14)18(15,16)11-3-2-4-12-5-7-17-8-6-12/h9,11H,2-8H2,1H3,(H,13,14). The Balaban J connectivity index is 2.22. The van der Waals surface area contributed by atoms with Gasteiger partial charge in [0.2, 0.25) is 10.0 Å². The molecule has 106 valence electrons. The van der Waals surface area contributed by atoms with E-state index in [4.69, 9.17) is 9.84 Å². The third kappa shape index (κ3) is 4.89. The molecule has 1 aliphatic rings. The molecule has 0 aromatic heterocycles. The average Bonchev–Trinajstić information content (AvgIpc) is 2.35. The van der Waals surface area contributed by atoms with Gasteiger partial charge >= 0.3 is 5.97 Å². The molecule has 0 amide bonds. The third-order valence-electron chi connectivity index (χ3n) is 2.87. The number of ether oxygens (including phenoxy) is 1. The van der Waals surface area contributed by atoms with Crippen molar-refractivity contribution in [2.75, 3.05) is 39.4 Å². The zero-order chi connectivity index (χ0) is 13.6. The summed E-state index contributed by atoms with van der Waals surface area (Å²) >= 11 is 0. The number of hydrogen-bond acceptors (Lipinski definition) is 5. The van der Waals surface area contributed by atoms with Crippen molar-refractivity contribution in [2.24, 2.45) is 0 Å². The van der Waals surface area contributed by atoms with Crippen molar-refractivity contribution in [1.29, 1.82) is 0 Å². The Morgan fingerprint density at radius 1 is 1.44 bits per heavy atom. The van der Waals surface area contributed by atoms with Crippen molar-refractivity contribution in [2.45, 2.75) is 18.6 Å². The zero-order valence-electron chi connectivity index (χ0n) is 10.5. The highest BCUT2D eigenvalue weighted by atomic mass is 32.2. The molecular weight excluding hydrogens is 260 g/mol. The van der Waals surface area contributed by atoms with Gasteiger partial charge in [-0.25, -0.2) is 13.1 Å². The van der Waals surface area contributed by atoms with Gasteiger partial charge in [-0.2, -0.15) is 0 Å². The molecule has 1 fully saturated rings. The Labute approximate surface area is 107 Å². The van der Waals surface area contributed by atoms with E-state index in [1.54, 1.807) is 0 Å². The Hall–Kier alpha value is -0.700. The normalized spacial score (nSPS) is 19.6. The summed E-state index contributed by atoms with van der Waals surface area (Å²) in [6.07, 6.45) is 0.658. The summed E-state index contributed by atoms with van der Waals surface area (Å²) in [4.78, 5) is 12.8. The molecule has 0 saturated carbocycles. The van der Waals surface area contributed by atoms with Crippen molar-refractivity contribution >= 4 is 16.0 Å². The minimum Gasteiger partial charge on any atom is -0.480 e. The number of rotatable bonds is 7. The molecule has 0 aromatic carbocycles. The molecule has 1 aliphatic heterocycles. The molecule has 0 aromatic rings. The van der Waals surface area contributed by atoms with Gasteiger partial charge < -0.3 is 9.84 Å². The first-order valence-electron chi connectivity index (χ1n) is 5.95. The van der Waals surface area contributed by atoms with E-state index in [0.717, 1.165) is 26.6 Å². The molecule has 2 N–H and O–H groups in total. The number of nitrogens with one attached hydrogen (secondary N) is 1. The van der Waals surface area contributed by atoms with Crippen molar-refractivity contribution in [1.82, 2.24) is 9.62 Å². The van der Waals surface area contributed by atoms with Gasteiger partial charge in [-0.15, -0.1) is 0 Å². The fourth-order valence-corrected chi connectivity index (χ4v) is 2.54. The van der Waals surface area contributed by atoms with Crippen molar-refractivity contribution in [3.63, 3.8) is 0 Å². The second kappa shape index (κ2) is 7.03. The monoisotopic (exact) mass is 280 g/mol. The Morgan fingerprint density at radius 2 is 2.06 bits per heavy atom. The fraction of sp³-hybridized carbons (Fsp3) is 0.900. The third-order valence-corrected chi connectivity index (χ3v) is 4.61. The number of hydrogen-bond donors (Lipinski definition) is 2. The number of carboxylic acids is 1. The van der Waals surface area contributed by atoms with Crippen LogP contribution in [0, 0.1) is 0 Å². The van der Waals surface area contributed by atoms with E-state index in [1.807, 2.05) is 0 Å². The van der Waals surface area contributed by atoms with Gasteiger partial charge in [0, 0.05) is 19.6 Å². The number of aliphatic carboxylic acids is 1. The van der Waals surface area contributed by atoms with Gasteiger partial charge in [0.1, 0.15) is 0 Å². The van der Waals surface area contributed by atoms with Gasteiger partial charge in [-0.05, 0) is 19.9 Å². The lowest BCUT2D eigenvalue weighted by Gasteiger charge is -2.26. The highest BCUT2D eigenvalue weighted by Gasteiger charge is 2.26. The van der Waals surface area contributed by atoms with E-state index < -0.39 is 21.2 Å². The average molecular weight is 280 g/mol. The van der Waals surface area contributed by atoms with Gasteiger partial charge in [0.25, 0.3) is 0 Å². The topological polar surface area (TPSA) is 95.9 Å². The molecule has 7 nitrogen and oxygen atoms in total. The molecule has 18 heavy (non-hydrogen) atoms. The molecule has 1 unspecified atom stereocenters. The van der Waals surface area contributed by atoms with Gasteiger partial charge in [0.05, 0.1) is 13.2 Å². The smallest absolute Gasteiger partial charge is 0.323 e. The van der Waals surface area contributed by atoms with E-state index in [-0.39, 0.29) is 6.54 Å². The maximum Gasteiger partial charge on any atom is 0.323 e. The summed E-state index contributed by atoms with van der Waals surface area (Å²) in [6, 6.07) is 0. The Bertz CT molecular complexity index is 364. The molecule has 0 bridgehead atoms. The predicted molar refractivity (Wildman–Crippen MR) is 65.9 cm³/mol. The van der Waals surface area contributed by atoms with Crippen LogP contribution in [0.3, 0.4) is 0 Å². The summed E-state index contributed by atoms with van der Waals surface area (Å²) in [5.41, 5.74) is 0. The second-order valence-corrected chi connectivity index (χ2v) is 6.31. The molecule has 1 heterocycles. The number of carbonyl (C=O) groups is 1. The van der Waals surface area contributed by atoms with Crippen LogP contribution >= 0.6 is 0 Å². The molecule has 1 rings (SSSR count). The van der Waals surface area contributed by atoms with Crippen LogP contribution in [0.5, 0.6) is 0 Å². The van der Waals surface area contributed by atoms with E-state index in [0.29, 0.717) is 19.6 Å². The largest absolute Gasteiger partial charge is 0.480 e. The Kier molecular flexibility index (Phi) is 6.00. The highest BCUT2D eigenvalue weighted by Crippen LogP contribution is 2.00. The maximum absolute atomic E-state index is 11.5. The van der Waals surface area contributed by atoms with Gasteiger partial charge in [-0.3, -0.25) is 9.69 Å². The number of nitrogens with zero attached hydrogens (tertiary/aromatic N) is 1. The zero-order valence-corrected chi connectivity index (χ0v) is 11.3. The summed E-state index contributed by atoms with van der Waals surface area (Å²) in [5, 5.41) is 7.22. The Morgan fingerprint density at radius 3 is 2.61 bits per heavy atom. The van der Waals surface area contributed by atoms with Crippen LogP contribution in [0.25, 0.3) is 0 Å². The maximum atomic E-state index is 11.5. The summed E-state index contributed by atoms with van der Waals surface area (Å²) in [7, 11) is -3.76. The lowest BCUT2D eigenvalue weighted by molar-refractivity contribution is -0.136.